The van der Waals surface area contributed by atoms with Crippen molar-refractivity contribution >= 4 is 5.97 Å². The molecule has 0 aromatic heterocycles. The van der Waals surface area contributed by atoms with Gasteiger partial charge >= 0.3 is 11.8 Å². The van der Waals surface area contributed by atoms with Crippen molar-refractivity contribution in [2.24, 2.45) is 0 Å². The molecular formula is C19H30O5. The maximum Gasteiger partial charge on any atom is 0.377 e. The molecule has 24 heavy (non-hydrogen) atoms. The van der Waals surface area contributed by atoms with Crippen LogP contribution in [0.2, 0.25) is 0 Å². The number of carbonyl (C=O) groups is 1. The van der Waals surface area contributed by atoms with Crippen molar-refractivity contribution < 1.29 is 24.1 Å². The van der Waals surface area contributed by atoms with Crippen LogP contribution in [0.15, 0.2) is 30.3 Å². The van der Waals surface area contributed by atoms with Crippen LogP contribution in [0.3, 0.4) is 0 Å². The zero-order chi connectivity index (χ0) is 17.7. The predicted octanol–water partition coefficient (Wildman–Crippen LogP) is 4.26. The van der Waals surface area contributed by atoms with Crippen molar-refractivity contribution in [3.05, 3.63) is 30.3 Å². The van der Waals surface area contributed by atoms with Crippen molar-refractivity contribution in [3.8, 4) is 5.75 Å². The van der Waals surface area contributed by atoms with Crippen LogP contribution in [-0.4, -0.2) is 36.7 Å². The molecule has 1 aromatic carbocycles. The van der Waals surface area contributed by atoms with Crippen LogP contribution in [0.4, 0.5) is 0 Å². The molecule has 1 aromatic rings. The summed E-state index contributed by atoms with van der Waals surface area (Å²) in [7, 11) is 0. The molecule has 0 saturated heterocycles. The van der Waals surface area contributed by atoms with Gasteiger partial charge in [0.05, 0.1) is 13.2 Å². The molecule has 0 fully saturated rings. The number of benzene rings is 1. The van der Waals surface area contributed by atoms with E-state index in [9.17, 15) is 9.90 Å². The van der Waals surface area contributed by atoms with Gasteiger partial charge in [0.1, 0.15) is 5.75 Å². The molecule has 0 aliphatic rings. The zero-order valence-electron chi connectivity index (χ0n) is 14.8. The summed E-state index contributed by atoms with van der Waals surface area (Å²) >= 11 is 0. The summed E-state index contributed by atoms with van der Waals surface area (Å²) in [6.45, 7) is 5.14. The highest BCUT2D eigenvalue weighted by Gasteiger charge is 2.42. The Morgan fingerprint density at radius 1 is 1.04 bits per heavy atom. The molecule has 1 N–H and O–H groups in total. The van der Waals surface area contributed by atoms with Crippen LogP contribution >= 0.6 is 0 Å². The molecule has 1 unspecified atom stereocenters. The van der Waals surface area contributed by atoms with Gasteiger partial charge in [0.25, 0.3) is 0 Å². The minimum absolute atomic E-state index is 0.182. The molecule has 0 radical (unpaired) electrons. The zero-order valence-corrected chi connectivity index (χ0v) is 14.8. The fraction of sp³-hybridized carbons (Fsp3) is 0.632. The Hall–Kier alpha value is -1.59. The Bertz CT molecular complexity index is 448. The Morgan fingerprint density at radius 3 is 2.38 bits per heavy atom. The molecule has 5 nitrogen and oxygen atoms in total. The van der Waals surface area contributed by atoms with Gasteiger partial charge in [-0.15, -0.1) is 0 Å². The molecule has 0 aliphatic heterocycles. The van der Waals surface area contributed by atoms with Crippen molar-refractivity contribution in [2.75, 3.05) is 19.8 Å². The summed E-state index contributed by atoms with van der Waals surface area (Å²) in [5.41, 5.74) is 0. The summed E-state index contributed by atoms with van der Waals surface area (Å²) < 4.78 is 16.7. The fourth-order valence-corrected chi connectivity index (χ4v) is 2.41. The van der Waals surface area contributed by atoms with E-state index in [4.69, 9.17) is 14.2 Å². The molecule has 0 aliphatic carbocycles. The van der Waals surface area contributed by atoms with E-state index in [1.807, 2.05) is 25.1 Å². The predicted molar refractivity (Wildman–Crippen MR) is 93.3 cm³/mol. The molecule has 136 valence electrons. The number of carboxylic acids is 1. The van der Waals surface area contributed by atoms with E-state index in [1.165, 1.54) is 0 Å². The standard InChI is InChI=1S/C19H30O5/c1-3-5-6-7-11-14-19(18(20)21,23-16-15-22-4-2)24-17-12-9-8-10-13-17/h8-10,12-13H,3-7,11,14-16H2,1-2H3,(H,20,21). The third kappa shape index (κ3) is 7.32. The number of unbranched alkanes of at least 4 members (excludes halogenated alkanes) is 4. The van der Waals surface area contributed by atoms with Crippen molar-refractivity contribution in [1.82, 2.24) is 0 Å². The van der Waals surface area contributed by atoms with E-state index < -0.39 is 11.8 Å². The molecule has 1 atom stereocenters. The van der Waals surface area contributed by atoms with Crippen LogP contribution in [0, 0.1) is 0 Å². The third-order valence-corrected chi connectivity index (χ3v) is 3.73. The number of ether oxygens (including phenoxy) is 3. The van der Waals surface area contributed by atoms with Gasteiger partial charge in [-0.25, -0.2) is 4.79 Å². The van der Waals surface area contributed by atoms with Crippen molar-refractivity contribution in [3.63, 3.8) is 0 Å². The number of carboxylic acid groups (broad SMARTS) is 1. The molecule has 0 spiro atoms. The average Bonchev–Trinajstić information content (AvgIpc) is 2.59. The lowest BCUT2D eigenvalue weighted by molar-refractivity contribution is -0.218. The second-order valence-electron chi connectivity index (χ2n) is 5.68. The first kappa shape index (κ1) is 20.5. The minimum Gasteiger partial charge on any atom is -0.476 e. The molecule has 0 heterocycles. The highest BCUT2D eigenvalue weighted by molar-refractivity contribution is 5.76. The van der Waals surface area contributed by atoms with Gasteiger partial charge in [-0.1, -0.05) is 50.8 Å². The lowest BCUT2D eigenvalue weighted by Gasteiger charge is -2.30. The summed E-state index contributed by atoms with van der Waals surface area (Å²) in [5, 5.41) is 9.75. The van der Waals surface area contributed by atoms with Gasteiger partial charge in [0, 0.05) is 13.0 Å². The number of aliphatic carboxylic acids is 1. The molecule has 0 amide bonds. The van der Waals surface area contributed by atoms with Crippen molar-refractivity contribution in [1.29, 1.82) is 0 Å². The van der Waals surface area contributed by atoms with Gasteiger partial charge in [-0.05, 0) is 25.5 Å². The molecule has 0 saturated carbocycles. The van der Waals surface area contributed by atoms with Crippen LogP contribution in [0.25, 0.3) is 0 Å². The highest BCUT2D eigenvalue weighted by atomic mass is 16.7. The van der Waals surface area contributed by atoms with E-state index in [-0.39, 0.29) is 6.61 Å². The first-order valence-electron chi connectivity index (χ1n) is 8.83. The van der Waals surface area contributed by atoms with E-state index in [0.29, 0.717) is 25.4 Å². The highest BCUT2D eigenvalue weighted by Crippen LogP contribution is 2.26. The van der Waals surface area contributed by atoms with Crippen LogP contribution in [0.1, 0.15) is 52.4 Å². The second kappa shape index (κ2) is 11.9. The van der Waals surface area contributed by atoms with Crippen LogP contribution in [-0.2, 0) is 14.3 Å². The summed E-state index contributed by atoms with van der Waals surface area (Å²) in [6.07, 6.45) is 5.42. The van der Waals surface area contributed by atoms with E-state index in [2.05, 4.69) is 6.92 Å². The summed E-state index contributed by atoms with van der Waals surface area (Å²) in [6, 6.07) is 8.95. The normalized spacial score (nSPS) is 13.4. The van der Waals surface area contributed by atoms with E-state index in [1.54, 1.807) is 12.1 Å². The average molecular weight is 338 g/mol. The summed E-state index contributed by atoms with van der Waals surface area (Å²) in [5.74, 6) is -2.27. The maximum absolute atomic E-state index is 11.9. The molecule has 5 heteroatoms. The number of hydrogen-bond acceptors (Lipinski definition) is 4. The number of rotatable bonds is 14. The lowest BCUT2D eigenvalue weighted by Crippen LogP contribution is -2.48. The number of para-hydroxylation sites is 1. The van der Waals surface area contributed by atoms with Gasteiger partial charge < -0.3 is 19.3 Å². The van der Waals surface area contributed by atoms with E-state index >= 15 is 0 Å². The summed E-state index contributed by atoms with van der Waals surface area (Å²) in [4.78, 5) is 11.9. The molecule has 1 rings (SSSR count). The Kier molecular flexibility index (Phi) is 10.1. The smallest absolute Gasteiger partial charge is 0.377 e. The minimum atomic E-state index is -1.66. The molecule has 0 bridgehead atoms. The Balaban J connectivity index is 2.73. The first-order valence-corrected chi connectivity index (χ1v) is 8.83. The van der Waals surface area contributed by atoms with Crippen LogP contribution < -0.4 is 4.74 Å². The quantitative estimate of drug-likeness (QED) is 0.405. The van der Waals surface area contributed by atoms with Gasteiger partial charge in [-0.3, -0.25) is 0 Å². The largest absolute Gasteiger partial charge is 0.476 e. The Morgan fingerprint density at radius 2 is 1.75 bits per heavy atom. The number of hydrogen-bond donors (Lipinski definition) is 1. The van der Waals surface area contributed by atoms with Crippen molar-refractivity contribution in [2.45, 2.75) is 58.2 Å². The SMILES string of the molecule is CCCCCCCC(OCCOCC)(Oc1ccccc1)C(=O)O. The Labute approximate surface area is 144 Å². The molecular weight excluding hydrogens is 308 g/mol. The fourth-order valence-electron chi connectivity index (χ4n) is 2.41. The van der Waals surface area contributed by atoms with Crippen LogP contribution in [0.5, 0.6) is 5.75 Å². The van der Waals surface area contributed by atoms with Gasteiger partial charge in [0.2, 0.25) is 0 Å². The van der Waals surface area contributed by atoms with E-state index in [0.717, 1.165) is 32.1 Å². The maximum atomic E-state index is 11.9. The second-order valence-corrected chi connectivity index (χ2v) is 5.68. The monoisotopic (exact) mass is 338 g/mol. The first-order chi connectivity index (χ1) is 11.6. The van der Waals surface area contributed by atoms with Gasteiger partial charge in [-0.2, -0.15) is 0 Å². The third-order valence-electron chi connectivity index (χ3n) is 3.73. The topological polar surface area (TPSA) is 65.0 Å². The van der Waals surface area contributed by atoms with Gasteiger partial charge in [0.15, 0.2) is 0 Å². The lowest BCUT2D eigenvalue weighted by atomic mass is 10.1.